The van der Waals surface area contributed by atoms with E-state index in [4.69, 9.17) is 5.53 Å². The molecule has 0 N–H and O–H groups in total. The normalized spacial score (nSPS) is 24.8. The van der Waals surface area contributed by atoms with Gasteiger partial charge in [-0.1, -0.05) is 24.2 Å². The maximum Gasteiger partial charge on any atom is 0.158 e. The van der Waals surface area contributed by atoms with E-state index in [2.05, 4.69) is 10.0 Å². The summed E-state index contributed by atoms with van der Waals surface area (Å²) in [7, 11) is 0. The Labute approximate surface area is 98.1 Å². The van der Waals surface area contributed by atoms with Gasteiger partial charge in [0.25, 0.3) is 0 Å². The van der Waals surface area contributed by atoms with Crippen LogP contribution in [0.3, 0.4) is 0 Å². The van der Waals surface area contributed by atoms with Crippen molar-refractivity contribution in [2.24, 2.45) is 11.0 Å². The van der Waals surface area contributed by atoms with E-state index >= 15 is 0 Å². The predicted octanol–water partition coefficient (Wildman–Crippen LogP) is 4.50. The number of azide groups is 1. The van der Waals surface area contributed by atoms with E-state index in [1.165, 1.54) is 0 Å². The molecule has 90 valence electrons. The molecular weight excluding hydrogens is 224 g/mol. The third-order valence-corrected chi connectivity index (χ3v) is 3.18. The maximum absolute atomic E-state index is 13.7. The Bertz CT molecular complexity index is 470. The van der Waals surface area contributed by atoms with Gasteiger partial charge in [0.05, 0.1) is 0 Å². The van der Waals surface area contributed by atoms with Crippen LogP contribution in [0.2, 0.25) is 0 Å². The van der Waals surface area contributed by atoms with Crippen LogP contribution in [0.4, 0.5) is 8.78 Å². The number of rotatable bonds is 3. The van der Waals surface area contributed by atoms with E-state index in [0.29, 0.717) is 18.4 Å². The van der Waals surface area contributed by atoms with Crippen LogP contribution in [0.25, 0.3) is 10.4 Å². The Kier molecular flexibility index (Phi) is 3.29. The minimum atomic E-state index is -0.714. The fourth-order valence-electron chi connectivity index (χ4n) is 2.38. The standard InChI is InChI=1S/C12H13F2N3/c1-7(16-17-15)6-9-3-2-8-4-5-10(13)12(14)11(8)9/h2-3,7,9H,4-6H2,1H3/t7-,9?/m0/s1. The van der Waals surface area contributed by atoms with Crippen molar-refractivity contribution in [2.45, 2.75) is 32.2 Å². The summed E-state index contributed by atoms with van der Waals surface area (Å²) in [5, 5.41) is 3.56. The van der Waals surface area contributed by atoms with Crippen molar-refractivity contribution in [3.8, 4) is 0 Å². The number of allylic oxidation sites excluding steroid dienone is 6. The van der Waals surface area contributed by atoms with Crippen molar-refractivity contribution in [3.63, 3.8) is 0 Å². The largest absolute Gasteiger partial charge is 0.209 e. The van der Waals surface area contributed by atoms with Crippen LogP contribution in [0.1, 0.15) is 26.2 Å². The van der Waals surface area contributed by atoms with Crippen molar-refractivity contribution in [1.29, 1.82) is 0 Å². The molecule has 0 heterocycles. The molecule has 0 bridgehead atoms. The van der Waals surface area contributed by atoms with Gasteiger partial charge in [-0.15, -0.1) is 0 Å². The average Bonchev–Trinajstić information content (AvgIpc) is 2.68. The summed E-state index contributed by atoms with van der Waals surface area (Å²) in [6, 6.07) is -0.223. The third-order valence-electron chi connectivity index (χ3n) is 3.18. The van der Waals surface area contributed by atoms with Crippen molar-refractivity contribution >= 4 is 0 Å². The van der Waals surface area contributed by atoms with E-state index in [1.54, 1.807) is 6.92 Å². The molecule has 0 aliphatic heterocycles. The second-order valence-corrected chi connectivity index (χ2v) is 4.41. The Hall–Kier alpha value is -1.61. The van der Waals surface area contributed by atoms with Crippen molar-refractivity contribution in [3.05, 3.63) is 45.4 Å². The molecule has 3 nitrogen and oxygen atoms in total. The van der Waals surface area contributed by atoms with Gasteiger partial charge in [-0.2, -0.15) is 0 Å². The first kappa shape index (κ1) is 11.9. The average molecular weight is 237 g/mol. The van der Waals surface area contributed by atoms with Gasteiger partial charge in [-0.25, -0.2) is 8.78 Å². The van der Waals surface area contributed by atoms with Gasteiger partial charge in [0.15, 0.2) is 5.83 Å². The van der Waals surface area contributed by atoms with Crippen molar-refractivity contribution in [2.75, 3.05) is 0 Å². The lowest BCUT2D eigenvalue weighted by Crippen LogP contribution is -2.10. The van der Waals surface area contributed by atoms with Crippen LogP contribution in [0.15, 0.2) is 40.1 Å². The van der Waals surface area contributed by atoms with E-state index in [9.17, 15) is 8.78 Å². The molecule has 2 aliphatic rings. The maximum atomic E-state index is 13.7. The predicted molar refractivity (Wildman–Crippen MR) is 61.4 cm³/mol. The fourth-order valence-corrected chi connectivity index (χ4v) is 2.38. The van der Waals surface area contributed by atoms with Gasteiger partial charge in [0.2, 0.25) is 0 Å². The molecule has 0 saturated carbocycles. The van der Waals surface area contributed by atoms with Crippen LogP contribution in [-0.2, 0) is 0 Å². The lowest BCUT2D eigenvalue weighted by atomic mass is 9.89. The second kappa shape index (κ2) is 4.72. The topological polar surface area (TPSA) is 48.8 Å². The van der Waals surface area contributed by atoms with Gasteiger partial charge in [-0.05, 0) is 23.9 Å². The number of nitrogens with zero attached hydrogens (tertiary/aromatic N) is 3. The molecule has 2 aliphatic carbocycles. The molecule has 2 atom stereocenters. The van der Waals surface area contributed by atoms with E-state index in [0.717, 1.165) is 5.57 Å². The highest BCUT2D eigenvalue weighted by Gasteiger charge is 2.30. The lowest BCUT2D eigenvalue weighted by molar-refractivity contribution is 0.479. The molecule has 5 heteroatoms. The molecule has 0 saturated heterocycles. The van der Waals surface area contributed by atoms with E-state index in [1.807, 2.05) is 12.2 Å². The Morgan fingerprint density at radius 3 is 3.00 bits per heavy atom. The van der Waals surface area contributed by atoms with Crippen LogP contribution in [0.5, 0.6) is 0 Å². The molecule has 0 aromatic rings. The molecule has 0 aromatic heterocycles. The minimum absolute atomic E-state index is 0.146. The van der Waals surface area contributed by atoms with Crippen LogP contribution >= 0.6 is 0 Å². The zero-order valence-electron chi connectivity index (χ0n) is 9.53. The molecule has 0 radical (unpaired) electrons. The van der Waals surface area contributed by atoms with Crippen LogP contribution in [-0.4, -0.2) is 6.04 Å². The first-order chi connectivity index (χ1) is 8.13. The summed E-state index contributed by atoms with van der Waals surface area (Å²) >= 11 is 0. The second-order valence-electron chi connectivity index (χ2n) is 4.41. The highest BCUT2D eigenvalue weighted by molar-refractivity contribution is 5.49. The van der Waals surface area contributed by atoms with Crippen molar-refractivity contribution in [1.82, 2.24) is 0 Å². The van der Waals surface area contributed by atoms with Crippen LogP contribution in [0, 0.1) is 5.92 Å². The zero-order valence-corrected chi connectivity index (χ0v) is 9.53. The quantitative estimate of drug-likeness (QED) is 0.394. The summed E-state index contributed by atoms with van der Waals surface area (Å²) in [6.07, 6.45) is 4.94. The monoisotopic (exact) mass is 237 g/mol. The van der Waals surface area contributed by atoms with E-state index < -0.39 is 11.7 Å². The Morgan fingerprint density at radius 2 is 2.29 bits per heavy atom. The highest BCUT2D eigenvalue weighted by atomic mass is 19.2. The molecule has 0 amide bonds. The minimum Gasteiger partial charge on any atom is -0.209 e. The fraction of sp³-hybridized carbons (Fsp3) is 0.500. The Morgan fingerprint density at radius 1 is 1.53 bits per heavy atom. The third kappa shape index (κ3) is 2.24. The van der Waals surface area contributed by atoms with Gasteiger partial charge >= 0.3 is 0 Å². The SMILES string of the molecule is C[C@@H](CC1C=CC2=C1C(F)=C(F)CC2)N=[N+]=[N-]. The summed E-state index contributed by atoms with van der Waals surface area (Å²) in [4.78, 5) is 2.72. The van der Waals surface area contributed by atoms with Gasteiger partial charge in [-0.3, -0.25) is 0 Å². The smallest absolute Gasteiger partial charge is 0.158 e. The molecule has 0 aromatic carbocycles. The first-order valence-corrected chi connectivity index (χ1v) is 5.63. The number of hydrogen-bond donors (Lipinski definition) is 0. The molecule has 17 heavy (non-hydrogen) atoms. The molecule has 0 spiro atoms. The van der Waals surface area contributed by atoms with Gasteiger partial charge in [0.1, 0.15) is 5.83 Å². The molecule has 1 unspecified atom stereocenters. The molecule has 0 fully saturated rings. The highest BCUT2D eigenvalue weighted by Crippen LogP contribution is 2.42. The first-order valence-electron chi connectivity index (χ1n) is 5.63. The van der Waals surface area contributed by atoms with E-state index in [-0.39, 0.29) is 18.4 Å². The summed E-state index contributed by atoms with van der Waals surface area (Å²) in [6.45, 7) is 1.77. The Balaban J connectivity index is 2.20. The van der Waals surface area contributed by atoms with Gasteiger partial charge < -0.3 is 0 Å². The summed E-state index contributed by atoms with van der Waals surface area (Å²) in [5.41, 5.74) is 9.65. The van der Waals surface area contributed by atoms with Crippen LogP contribution < -0.4 is 0 Å². The number of halogens is 2. The zero-order chi connectivity index (χ0) is 12.4. The molecular formula is C12H13F2N3. The summed E-state index contributed by atoms with van der Waals surface area (Å²) in [5.74, 6) is -1.54. The van der Waals surface area contributed by atoms with Crippen molar-refractivity contribution < 1.29 is 8.78 Å². The summed E-state index contributed by atoms with van der Waals surface area (Å²) < 4.78 is 27.0. The number of hydrogen-bond acceptors (Lipinski definition) is 1. The lowest BCUT2D eigenvalue weighted by Gasteiger charge is -2.19. The van der Waals surface area contributed by atoms with Gasteiger partial charge in [0, 0.05) is 28.9 Å². The molecule has 2 rings (SSSR count).